The molecule has 2 aromatic rings. The lowest BCUT2D eigenvalue weighted by molar-refractivity contribution is -0.118. The molecule has 1 aliphatic rings. The van der Waals surface area contributed by atoms with E-state index in [1.807, 2.05) is 24.3 Å². The molecule has 25 heavy (non-hydrogen) atoms. The van der Waals surface area contributed by atoms with Crippen molar-refractivity contribution in [2.45, 2.75) is 25.7 Å². The fraction of sp³-hybridized carbons (Fsp3) is 0.286. The quantitative estimate of drug-likeness (QED) is 0.772. The SMILES string of the molecule is C=CCOc1ccc(NC(=O)COc2cccc3c2CCCC3)cc1. The number of hydrogen-bond donors (Lipinski definition) is 1. The van der Waals surface area contributed by atoms with Crippen molar-refractivity contribution in [2.24, 2.45) is 0 Å². The largest absolute Gasteiger partial charge is 0.490 e. The second kappa shape index (κ2) is 8.38. The van der Waals surface area contributed by atoms with E-state index in [-0.39, 0.29) is 12.5 Å². The molecule has 4 nitrogen and oxygen atoms in total. The minimum Gasteiger partial charge on any atom is -0.490 e. The number of benzene rings is 2. The highest BCUT2D eigenvalue weighted by atomic mass is 16.5. The molecule has 1 amide bonds. The zero-order valence-corrected chi connectivity index (χ0v) is 14.3. The second-order valence-electron chi connectivity index (χ2n) is 6.06. The highest BCUT2D eigenvalue weighted by Gasteiger charge is 2.14. The molecule has 4 heteroatoms. The van der Waals surface area contributed by atoms with Gasteiger partial charge in [-0.3, -0.25) is 4.79 Å². The molecule has 1 aliphatic carbocycles. The summed E-state index contributed by atoms with van der Waals surface area (Å²) in [6, 6.07) is 13.3. The van der Waals surface area contributed by atoms with Gasteiger partial charge in [-0.2, -0.15) is 0 Å². The fourth-order valence-corrected chi connectivity index (χ4v) is 3.01. The molecule has 0 aromatic heterocycles. The highest BCUT2D eigenvalue weighted by Crippen LogP contribution is 2.29. The summed E-state index contributed by atoms with van der Waals surface area (Å²) in [6.07, 6.45) is 6.22. The molecule has 2 aromatic carbocycles. The Balaban J connectivity index is 1.54. The van der Waals surface area contributed by atoms with Gasteiger partial charge < -0.3 is 14.8 Å². The molecule has 0 atom stereocenters. The number of amides is 1. The number of fused-ring (bicyclic) bond motifs is 1. The van der Waals surface area contributed by atoms with Crippen molar-refractivity contribution in [3.63, 3.8) is 0 Å². The van der Waals surface area contributed by atoms with Gasteiger partial charge in [-0.25, -0.2) is 0 Å². The molecular weight excluding hydrogens is 314 g/mol. The van der Waals surface area contributed by atoms with Gasteiger partial charge in [-0.1, -0.05) is 24.8 Å². The number of carbonyl (C=O) groups excluding carboxylic acids is 1. The molecule has 0 fully saturated rings. The number of aryl methyl sites for hydroxylation is 1. The first-order valence-electron chi connectivity index (χ1n) is 8.63. The first kappa shape index (κ1) is 17.1. The van der Waals surface area contributed by atoms with E-state index in [9.17, 15) is 4.79 Å². The van der Waals surface area contributed by atoms with E-state index in [1.165, 1.54) is 24.0 Å². The van der Waals surface area contributed by atoms with Gasteiger partial charge in [0.1, 0.15) is 18.1 Å². The average molecular weight is 337 g/mol. The van der Waals surface area contributed by atoms with E-state index >= 15 is 0 Å². The maximum absolute atomic E-state index is 12.1. The third-order valence-electron chi connectivity index (χ3n) is 4.22. The summed E-state index contributed by atoms with van der Waals surface area (Å²) in [5, 5.41) is 2.84. The molecule has 130 valence electrons. The van der Waals surface area contributed by atoms with Crippen LogP contribution in [0.15, 0.2) is 55.1 Å². The van der Waals surface area contributed by atoms with Gasteiger partial charge in [0.25, 0.3) is 5.91 Å². The minimum absolute atomic E-state index is 0.00513. The summed E-state index contributed by atoms with van der Waals surface area (Å²) in [4.78, 5) is 12.1. The zero-order valence-electron chi connectivity index (χ0n) is 14.3. The second-order valence-corrected chi connectivity index (χ2v) is 6.06. The van der Waals surface area contributed by atoms with Crippen molar-refractivity contribution in [1.82, 2.24) is 0 Å². The Morgan fingerprint density at radius 2 is 1.88 bits per heavy atom. The molecule has 3 rings (SSSR count). The van der Waals surface area contributed by atoms with Crippen LogP contribution in [0.5, 0.6) is 11.5 Å². The lowest BCUT2D eigenvalue weighted by atomic mass is 9.91. The standard InChI is InChI=1S/C21H23NO3/c1-2-14-24-18-12-10-17(11-13-18)22-21(23)15-25-20-9-5-7-16-6-3-4-8-19(16)20/h2,5,7,9-13H,1,3-4,6,8,14-15H2,(H,22,23). The Labute approximate surface area is 148 Å². The summed E-state index contributed by atoms with van der Waals surface area (Å²) in [7, 11) is 0. The minimum atomic E-state index is -0.173. The van der Waals surface area contributed by atoms with E-state index in [2.05, 4.69) is 18.0 Å². The van der Waals surface area contributed by atoms with Crippen LogP contribution in [0.4, 0.5) is 5.69 Å². The number of hydrogen-bond acceptors (Lipinski definition) is 3. The van der Waals surface area contributed by atoms with Crippen molar-refractivity contribution in [3.05, 3.63) is 66.2 Å². The molecule has 0 radical (unpaired) electrons. The number of anilines is 1. The number of ether oxygens (including phenoxy) is 2. The number of rotatable bonds is 7. The Morgan fingerprint density at radius 3 is 2.68 bits per heavy atom. The van der Waals surface area contributed by atoms with Gasteiger partial charge in [0.2, 0.25) is 0 Å². The molecule has 1 N–H and O–H groups in total. The predicted octanol–water partition coefficient (Wildman–Crippen LogP) is 4.15. The maximum atomic E-state index is 12.1. The van der Waals surface area contributed by atoms with E-state index in [0.717, 1.165) is 30.0 Å². The van der Waals surface area contributed by atoms with Gasteiger partial charge in [0.05, 0.1) is 0 Å². The van der Waals surface area contributed by atoms with Crippen LogP contribution in [0.3, 0.4) is 0 Å². The van der Waals surface area contributed by atoms with Crippen LogP contribution >= 0.6 is 0 Å². The first-order valence-corrected chi connectivity index (χ1v) is 8.63. The third kappa shape index (κ3) is 4.63. The Kier molecular flexibility index (Phi) is 5.73. The van der Waals surface area contributed by atoms with Crippen molar-refractivity contribution in [3.8, 4) is 11.5 Å². The van der Waals surface area contributed by atoms with Crippen LogP contribution in [0.1, 0.15) is 24.0 Å². The van der Waals surface area contributed by atoms with Crippen LogP contribution < -0.4 is 14.8 Å². The summed E-state index contributed by atoms with van der Waals surface area (Å²) in [5.74, 6) is 1.40. The number of carbonyl (C=O) groups is 1. The van der Waals surface area contributed by atoms with Gasteiger partial charge in [0, 0.05) is 5.69 Å². The third-order valence-corrected chi connectivity index (χ3v) is 4.22. The van der Waals surface area contributed by atoms with Gasteiger partial charge in [0.15, 0.2) is 6.61 Å². The molecule has 0 heterocycles. The lowest BCUT2D eigenvalue weighted by Crippen LogP contribution is -2.21. The van der Waals surface area contributed by atoms with Crippen molar-refractivity contribution >= 4 is 11.6 Å². The van der Waals surface area contributed by atoms with Gasteiger partial charge in [-0.15, -0.1) is 0 Å². The van der Waals surface area contributed by atoms with E-state index in [0.29, 0.717) is 6.61 Å². The maximum Gasteiger partial charge on any atom is 0.262 e. The summed E-state index contributed by atoms with van der Waals surface area (Å²) in [5.41, 5.74) is 3.32. The fourth-order valence-electron chi connectivity index (χ4n) is 3.01. The summed E-state index contributed by atoms with van der Waals surface area (Å²) < 4.78 is 11.2. The molecular formula is C21H23NO3. The lowest BCUT2D eigenvalue weighted by Gasteiger charge is -2.19. The van der Waals surface area contributed by atoms with Crippen molar-refractivity contribution in [1.29, 1.82) is 0 Å². The molecule has 0 unspecified atom stereocenters. The average Bonchev–Trinajstić information content (AvgIpc) is 2.66. The van der Waals surface area contributed by atoms with Crippen molar-refractivity contribution < 1.29 is 14.3 Å². The van der Waals surface area contributed by atoms with E-state index in [4.69, 9.17) is 9.47 Å². The smallest absolute Gasteiger partial charge is 0.262 e. The molecule has 0 saturated carbocycles. The van der Waals surface area contributed by atoms with Gasteiger partial charge >= 0.3 is 0 Å². The van der Waals surface area contributed by atoms with Crippen LogP contribution in [0, 0.1) is 0 Å². The monoisotopic (exact) mass is 337 g/mol. The Bertz CT molecular complexity index is 737. The Hall–Kier alpha value is -2.75. The molecule has 0 bridgehead atoms. The summed E-state index contributed by atoms with van der Waals surface area (Å²) in [6.45, 7) is 4.07. The highest BCUT2D eigenvalue weighted by molar-refractivity contribution is 5.91. The van der Waals surface area contributed by atoms with Crippen LogP contribution in [0.25, 0.3) is 0 Å². The first-order chi connectivity index (χ1) is 12.3. The van der Waals surface area contributed by atoms with E-state index < -0.39 is 0 Å². The molecule has 0 aliphatic heterocycles. The number of nitrogens with one attached hydrogen (secondary N) is 1. The van der Waals surface area contributed by atoms with Crippen molar-refractivity contribution in [2.75, 3.05) is 18.5 Å². The Morgan fingerprint density at radius 1 is 1.08 bits per heavy atom. The van der Waals surface area contributed by atoms with Crippen LogP contribution in [-0.2, 0) is 17.6 Å². The molecule has 0 spiro atoms. The van der Waals surface area contributed by atoms with Gasteiger partial charge in [-0.05, 0) is 67.1 Å². The normalized spacial score (nSPS) is 12.8. The van der Waals surface area contributed by atoms with E-state index in [1.54, 1.807) is 18.2 Å². The topological polar surface area (TPSA) is 47.6 Å². The zero-order chi connectivity index (χ0) is 17.5. The molecule has 0 saturated heterocycles. The van der Waals surface area contributed by atoms with Crippen LogP contribution in [0.2, 0.25) is 0 Å². The van der Waals surface area contributed by atoms with Crippen LogP contribution in [-0.4, -0.2) is 19.1 Å². The predicted molar refractivity (Wildman–Crippen MR) is 99.3 cm³/mol. The summed E-state index contributed by atoms with van der Waals surface area (Å²) >= 11 is 0.